The van der Waals surface area contributed by atoms with Crippen LogP contribution < -0.4 is 5.32 Å². The van der Waals surface area contributed by atoms with E-state index < -0.39 is 23.6 Å². The maximum Gasteiger partial charge on any atom is 0.330 e. The first-order valence-corrected chi connectivity index (χ1v) is 6.47. The minimum atomic E-state index is -1.37. The molecule has 0 saturated heterocycles. The number of hydrogen-bond acceptors (Lipinski definition) is 2. The van der Waals surface area contributed by atoms with Crippen molar-refractivity contribution in [3.8, 4) is 0 Å². The topological polar surface area (TPSA) is 49.3 Å². The number of carbonyl (C=O) groups is 1. The number of benzene rings is 2. The minimum absolute atomic E-state index is 0.250. The van der Waals surface area contributed by atoms with Crippen LogP contribution in [-0.2, 0) is 4.79 Å². The van der Waals surface area contributed by atoms with Crippen molar-refractivity contribution in [3.05, 3.63) is 64.1 Å². The predicted molar refractivity (Wildman–Crippen MR) is 74.5 cm³/mol. The first kappa shape index (κ1) is 14.5. The molecule has 1 atom stereocenters. The summed E-state index contributed by atoms with van der Waals surface area (Å²) in [5.41, 5.74) is 0.240. The Bertz CT molecular complexity index is 632. The second-order valence-corrected chi connectivity index (χ2v) is 4.98. The number of aliphatic carboxylic acids is 1. The number of anilines is 1. The molecule has 0 saturated carbocycles. The molecule has 20 heavy (non-hydrogen) atoms. The highest BCUT2D eigenvalue weighted by Gasteiger charge is 2.24. The van der Waals surface area contributed by atoms with Gasteiger partial charge in [-0.3, -0.25) is 0 Å². The monoisotopic (exact) mass is 341 g/mol. The number of halogens is 3. The average Bonchev–Trinajstić information content (AvgIpc) is 2.41. The van der Waals surface area contributed by atoms with Gasteiger partial charge in [-0.2, -0.15) is 0 Å². The van der Waals surface area contributed by atoms with Crippen LogP contribution in [0.5, 0.6) is 0 Å². The molecule has 2 N–H and O–H groups in total. The molecule has 0 fully saturated rings. The molecular weight excluding hydrogens is 332 g/mol. The van der Waals surface area contributed by atoms with E-state index in [9.17, 15) is 18.7 Å². The van der Waals surface area contributed by atoms with E-state index >= 15 is 0 Å². The first-order chi connectivity index (χ1) is 9.49. The predicted octanol–water partition coefficient (Wildman–Crippen LogP) is 3.97. The lowest BCUT2D eigenvalue weighted by atomic mass is 10.1. The second-order valence-electron chi connectivity index (χ2n) is 4.07. The van der Waals surface area contributed by atoms with Gasteiger partial charge in [0.15, 0.2) is 17.7 Å². The summed E-state index contributed by atoms with van der Waals surface area (Å²) >= 11 is 3.25. The molecule has 2 aromatic carbocycles. The van der Waals surface area contributed by atoms with Crippen LogP contribution in [0.2, 0.25) is 0 Å². The van der Waals surface area contributed by atoms with Gasteiger partial charge in [0.2, 0.25) is 0 Å². The van der Waals surface area contributed by atoms with Crippen molar-refractivity contribution in [2.24, 2.45) is 0 Å². The number of hydrogen-bond donors (Lipinski definition) is 2. The lowest BCUT2D eigenvalue weighted by Gasteiger charge is -2.17. The van der Waals surface area contributed by atoms with Gasteiger partial charge in [-0.25, -0.2) is 13.6 Å². The minimum Gasteiger partial charge on any atom is -0.479 e. The Morgan fingerprint density at radius 2 is 1.80 bits per heavy atom. The second kappa shape index (κ2) is 6.00. The standard InChI is InChI=1S/C14H10BrF2NO2/c15-8-4-6-9(7-5-8)18-13(14(19)20)10-2-1-3-11(16)12(10)17/h1-7,13,18H,(H,19,20). The molecule has 2 rings (SSSR count). The molecule has 0 bridgehead atoms. The zero-order chi connectivity index (χ0) is 14.7. The van der Waals surface area contributed by atoms with E-state index in [-0.39, 0.29) is 5.56 Å². The molecule has 0 radical (unpaired) electrons. The summed E-state index contributed by atoms with van der Waals surface area (Å²) in [6.45, 7) is 0. The van der Waals surface area contributed by atoms with Crippen molar-refractivity contribution in [2.45, 2.75) is 6.04 Å². The van der Waals surface area contributed by atoms with Crippen molar-refractivity contribution >= 4 is 27.6 Å². The summed E-state index contributed by atoms with van der Waals surface area (Å²) in [7, 11) is 0. The fourth-order valence-corrected chi connectivity index (χ4v) is 1.99. The Hall–Kier alpha value is -1.95. The summed E-state index contributed by atoms with van der Waals surface area (Å²) in [4.78, 5) is 11.3. The van der Waals surface area contributed by atoms with Gasteiger partial charge >= 0.3 is 5.97 Å². The molecule has 0 aliphatic heterocycles. The van der Waals surface area contributed by atoms with Gasteiger partial charge in [0.25, 0.3) is 0 Å². The molecule has 0 aliphatic carbocycles. The number of carboxylic acids is 1. The van der Waals surface area contributed by atoms with E-state index in [1.807, 2.05) is 0 Å². The van der Waals surface area contributed by atoms with Crippen LogP contribution >= 0.6 is 15.9 Å². The third-order valence-electron chi connectivity index (χ3n) is 2.69. The maximum absolute atomic E-state index is 13.7. The molecule has 0 spiro atoms. The van der Waals surface area contributed by atoms with Crippen LogP contribution in [0.15, 0.2) is 46.9 Å². The van der Waals surface area contributed by atoms with Crippen molar-refractivity contribution in [2.75, 3.05) is 5.32 Å². The van der Waals surface area contributed by atoms with Gasteiger partial charge in [0.1, 0.15) is 0 Å². The van der Waals surface area contributed by atoms with Crippen LogP contribution in [0.1, 0.15) is 11.6 Å². The van der Waals surface area contributed by atoms with Gasteiger partial charge in [0.05, 0.1) is 0 Å². The van der Waals surface area contributed by atoms with Crippen molar-refractivity contribution in [3.63, 3.8) is 0 Å². The van der Waals surface area contributed by atoms with Crippen LogP contribution in [-0.4, -0.2) is 11.1 Å². The van der Waals surface area contributed by atoms with E-state index in [0.717, 1.165) is 10.5 Å². The van der Waals surface area contributed by atoms with Crippen molar-refractivity contribution in [1.29, 1.82) is 0 Å². The largest absolute Gasteiger partial charge is 0.479 e. The summed E-state index contributed by atoms with van der Waals surface area (Å²) in [6, 6.07) is 8.78. The van der Waals surface area contributed by atoms with Crippen molar-refractivity contribution < 1.29 is 18.7 Å². The van der Waals surface area contributed by atoms with Gasteiger partial charge in [-0.15, -0.1) is 0 Å². The third-order valence-corrected chi connectivity index (χ3v) is 3.22. The molecule has 0 amide bonds. The van der Waals surface area contributed by atoms with Crippen LogP contribution in [0, 0.1) is 11.6 Å². The molecule has 0 aromatic heterocycles. The molecule has 2 aromatic rings. The SMILES string of the molecule is O=C(O)C(Nc1ccc(Br)cc1)c1cccc(F)c1F. The number of carboxylic acid groups (broad SMARTS) is 1. The van der Waals surface area contributed by atoms with E-state index in [1.165, 1.54) is 12.1 Å². The Kier molecular flexibility index (Phi) is 4.34. The smallest absolute Gasteiger partial charge is 0.330 e. The molecule has 0 heterocycles. The average molecular weight is 342 g/mol. The number of nitrogens with one attached hydrogen (secondary N) is 1. The normalized spacial score (nSPS) is 11.9. The van der Waals surface area contributed by atoms with Crippen LogP contribution in [0.3, 0.4) is 0 Å². The summed E-state index contributed by atoms with van der Waals surface area (Å²) in [5.74, 6) is -3.53. The molecule has 0 aliphatic rings. The lowest BCUT2D eigenvalue weighted by Crippen LogP contribution is -2.22. The van der Waals surface area contributed by atoms with Gasteiger partial charge in [-0.05, 0) is 30.3 Å². The Balaban J connectivity index is 2.34. The highest BCUT2D eigenvalue weighted by molar-refractivity contribution is 9.10. The molecule has 3 nitrogen and oxygen atoms in total. The quantitative estimate of drug-likeness (QED) is 0.884. The van der Waals surface area contributed by atoms with E-state index in [2.05, 4.69) is 21.2 Å². The first-order valence-electron chi connectivity index (χ1n) is 5.68. The third kappa shape index (κ3) is 3.14. The molecular formula is C14H10BrF2NO2. The van der Waals surface area contributed by atoms with Crippen LogP contribution in [0.25, 0.3) is 0 Å². The lowest BCUT2D eigenvalue weighted by molar-refractivity contribution is -0.138. The number of rotatable bonds is 4. The summed E-state index contributed by atoms with van der Waals surface area (Å²) < 4.78 is 27.7. The van der Waals surface area contributed by atoms with E-state index in [4.69, 9.17) is 0 Å². The Labute approximate surface area is 122 Å². The fourth-order valence-electron chi connectivity index (χ4n) is 1.73. The fraction of sp³-hybridized carbons (Fsp3) is 0.0714. The Morgan fingerprint density at radius 3 is 2.40 bits per heavy atom. The van der Waals surface area contributed by atoms with E-state index in [0.29, 0.717) is 5.69 Å². The Morgan fingerprint density at radius 1 is 1.15 bits per heavy atom. The summed E-state index contributed by atoms with van der Waals surface area (Å²) in [5, 5.41) is 11.9. The maximum atomic E-state index is 13.7. The molecule has 6 heteroatoms. The zero-order valence-electron chi connectivity index (χ0n) is 10.1. The van der Waals surface area contributed by atoms with Crippen LogP contribution in [0.4, 0.5) is 14.5 Å². The van der Waals surface area contributed by atoms with Gasteiger partial charge in [0, 0.05) is 15.7 Å². The molecule has 104 valence electrons. The van der Waals surface area contributed by atoms with E-state index in [1.54, 1.807) is 24.3 Å². The highest BCUT2D eigenvalue weighted by Crippen LogP contribution is 2.24. The zero-order valence-corrected chi connectivity index (χ0v) is 11.7. The van der Waals surface area contributed by atoms with Gasteiger partial charge in [-0.1, -0.05) is 28.1 Å². The summed E-state index contributed by atoms with van der Waals surface area (Å²) in [6.07, 6.45) is 0. The van der Waals surface area contributed by atoms with Gasteiger partial charge < -0.3 is 10.4 Å². The highest BCUT2D eigenvalue weighted by atomic mass is 79.9. The molecule has 1 unspecified atom stereocenters. The van der Waals surface area contributed by atoms with Crippen molar-refractivity contribution in [1.82, 2.24) is 0 Å².